The molecule has 0 N–H and O–H groups in total. The number of ketones is 1. The van der Waals surface area contributed by atoms with Gasteiger partial charge in [0, 0.05) is 6.42 Å². The summed E-state index contributed by atoms with van der Waals surface area (Å²) in [6.07, 6.45) is 0.293. The molecule has 0 spiro atoms. The zero-order valence-corrected chi connectivity index (χ0v) is 12.1. The third-order valence-electron chi connectivity index (χ3n) is 3.56. The van der Waals surface area contributed by atoms with Crippen molar-refractivity contribution in [3.05, 3.63) is 0 Å². The van der Waals surface area contributed by atoms with Crippen molar-refractivity contribution in [2.24, 2.45) is 5.41 Å². The van der Waals surface area contributed by atoms with E-state index >= 15 is 0 Å². The van der Waals surface area contributed by atoms with Gasteiger partial charge in [-0.3, -0.25) is 9.59 Å². The molecule has 0 aromatic heterocycles. The number of Topliss-reactive ketones (excluding diaryl/α,β-unsaturated/α-hetero) is 1. The van der Waals surface area contributed by atoms with Gasteiger partial charge >= 0.3 is 5.97 Å². The number of hydrogen-bond acceptors (Lipinski definition) is 5. The summed E-state index contributed by atoms with van der Waals surface area (Å²) < 4.78 is 28.0. The van der Waals surface area contributed by atoms with Crippen LogP contribution in [0.5, 0.6) is 0 Å². The minimum atomic E-state index is -3.34. The zero-order valence-electron chi connectivity index (χ0n) is 11.3. The van der Waals surface area contributed by atoms with Crippen LogP contribution in [0.25, 0.3) is 0 Å². The van der Waals surface area contributed by atoms with Gasteiger partial charge in [0.25, 0.3) is 0 Å². The normalized spacial score (nSPS) is 25.0. The first-order chi connectivity index (χ1) is 8.03. The summed E-state index contributed by atoms with van der Waals surface area (Å²) >= 11 is 0. The second-order valence-corrected chi connectivity index (χ2v) is 8.57. The second-order valence-electron chi connectivity index (χ2n) is 5.71. The van der Waals surface area contributed by atoms with E-state index in [2.05, 4.69) is 0 Å². The minimum absolute atomic E-state index is 0.0147. The molecular weight excluding hydrogens is 256 g/mol. The SMILES string of the molecule is CC(=O)C1(CCS(=O)(=O)C(C)(C)C)CCOC1=O. The van der Waals surface area contributed by atoms with E-state index in [0.717, 1.165) is 0 Å². The maximum Gasteiger partial charge on any atom is 0.319 e. The predicted molar refractivity (Wildman–Crippen MR) is 66.8 cm³/mol. The van der Waals surface area contributed by atoms with Crippen molar-refractivity contribution in [3.8, 4) is 0 Å². The highest BCUT2D eigenvalue weighted by Gasteiger charge is 2.49. The molecule has 0 aromatic carbocycles. The molecule has 0 amide bonds. The van der Waals surface area contributed by atoms with Crippen LogP contribution < -0.4 is 0 Å². The number of sulfone groups is 1. The quantitative estimate of drug-likeness (QED) is 0.568. The molecule has 0 radical (unpaired) electrons. The number of rotatable bonds is 4. The highest BCUT2D eigenvalue weighted by Crippen LogP contribution is 2.36. The average Bonchev–Trinajstić information content (AvgIpc) is 2.56. The summed E-state index contributed by atoms with van der Waals surface area (Å²) in [6.45, 7) is 6.32. The fourth-order valence-electron chi connectivity index (χ4n) is 1.90. The third kappa shape index (κ3) is 2.58. The molecule has 0 aliphatic carbocycles. The van der Waals surface area contributed by atoms with E-state index < -0.39 is 26.0 Å². The molecule has 0 bridgehead atoms. The van der Waals surface area contributed by atoms with Crippen molar-refractivity contribution in [2.45, 2.75) is 45.3 Å². The lowest BCUT2D eigenvalue weighted by Crippen LogP contribution is -2.39. The Bertz CT molecular complexity index is 457. The Balaban J connectivity index is 2.90. The molecular formula is C12H20O5S. The molecule has 1 aliphatic heterocycles. The van der Waals surface area contributed by atoms with Crippen LogP contribution in [0.3, 0.4) is 0 Å². The van der Waals surface area contributed by atoms with E-state index in [1.54, 1.807) is 20.8 Å². The van der Waals surface area contributed by atoms with Gasteiger partial charge in [0.15, 0.2) is 9.84 Å². The van der Waals surface area contributed by atoms with Crippen molar-refractivity contribution >= 4 is 21.6 Å². The van der Waals surface area contributed by atoms with Crippen LogP contribution in [0.4, 0.5) is 0 Å². The summed E-state index contributed by atoms with van der Waals surface area (Å²) in [5.41, 5.74) is -1.25. The first kappa shape index (κ1) is 15.1. The molecule has 1 atom stereocenters. The summed E-state index contributed by atoms with van der Waals surface area (Å²) in [7, 11) is -3.34. The Hall–Kier alpha value is -0.910. The Morgan fingerprint density at radius 3 is 2.28 bits per heavy atom. The number of carbonyl (C=O) groups is 2. The Kier molecular flexibility index (Phi) is 3.91. The molecule has 6 heteroatoms. The van der Waals surface area contributed by atoms with Gasteiger partial charge in [-0.2, -0.15) is 0 Å². The first-order valence-electron chi connectivity index (χ1n) is 5.93. The standard InChI is InChI=1S/C12H20O5S/c1-9(13)12(5-7-17-10(12)14)6-8-18(15,16)11(2,3)4/h5-8H2,1-4H3. The monoisotopic (exact) mass is 276 g/mol. The van der Waals surface area contributed by atoms with Gasteiger partial charge in [0.2, 0.25) is 0 Å². The molecule has 1 aliphatic rings. The van der Waals surface area contributed by atoms with E-state index in [4.69, 9.17) is 4.74 Å². The summed E-state index contributed by atoms with van der Waals surface area (Å²) in [4.78, 5) is 23.3. The van der Waals surface area contributed by atoms with Gasteiger partial charge in [-0.25, -0.2) is 8.42 Å². The van der Waals surface area contributed by atoms with Crippen molar-refractivity contribution in [1.82, 2.24) is 0 Å². The molecule has 1 heterocycles. The Labute approximate surface area is 108 Å². The maximum atomic E-state index is 12.0. The molecule has 1 rings (SSSR count). The molecule has 1 unspecified atom stereocenters. The smallest absolute Gasteiger partial charge is 0.319 e. The van der Waals surface area contributed by atoms with Gasteiger partial charge in [0.05, 0.1) is 17.1 Å². The van der Waals surface area contributed by atoms with Crippen LogP contribution in [0.2, 0.25) is 0 Å². The maximum absolute atomic E-state index is 12.0. The molecule has 18 heavy (non-hydrogen) atoms. The van der Waals surface area contributed by atoms with Gasteiger partial charge in [0.1, 0.15) is 11.2 Å². The summed E-state index contributed by atoms with van der Waals surface area (Å²) in [6, 6.07) is 0. The minimum Gasteiger partial charge on any atom is -0.465 e. The van der Waals surface area contributed by atoms with Gasteiger partial charge in [-0.05, 0) is 34.1 Å². The number of ether oxygens (including phenoxy) is 1. The van der Waals surface area contributed by atoms with Crippen molar-refractivity contribution in [3.63, 3.8) is 0 Å². The Morgan fingerprint density at radius 2 is 1.94 bits per heavy atom. The predicted octanol–water partition coefficient (Wildman–Crippen LogP) is 1.11. The molecule has 0 aromatic rings. The van der Waals surface area contributed by atoms with Crippen LogP contribution in [0, 0.1) is 5.41 Å². The lowest BCUT2D eigenvalue weighted by atomic mass is 9.80. The van der Waals surface area contributed by atoms with E-state index in [9.17, 15) is 18.0 Å². The van der Waals surface area contributed by atoms with E-state index in [-0.39, 0.29) is 31.0 Å². The summed E-state index contributed by atoms with van der Waals surface area (Å²) in [5.74, 6) is -1.07. The van der Waals surface area contributed by atoms with Crippen molar-refractivity contribution < 1.29 is 22.7 Å². The largest absolute Gasteiger partial charge is 0.465 e. The third-order valence-corrected chi connectivity index (χ3v) is 6.16. The lowest BCUT2D eigenvalue weighted by molar-refractivity contribution is -0.150. The van der Waals surface area contributed by atoms with Crippen molar-refractivity contribution in [2.75, 3.05) is 12.4 Å². The average molecular weight is 276 g/mol. The van der Waals surface area contributed by atoms with E-state index in [1.807, 2.05) is 0 Å². The van der Waals surface area contributed by atoms with Crippen LogP contribution in [-0.2, 0) is 24.2 Å². The molecule has 0 saturated carbocycles. The summed E-state index contributed by atoms with van der Waals surface area (Å²) in [5, 5.41) is 0. The molecule has 104 valence electrons. The van der Waals surface area contributed by atoms with E-state index in [1.165, 1.54) is 6.92 Å². The van der Waals surface area contributed by atoms with E-state index in [0.29, 0.717) is 0 Å². The topological polar surface area (TPSA) is 77.5 Å². The highest BCUT2D eigenvalue weighted by molar-refractivity contribution is 7.92. The lowest BCUT2D eigenvalue weighted by Gasteiger charge is -2.24. The zero-order chi connectivity index (χ0) is 14.2. The van der Waals surface area contributed by atoms with Crippen LogP contribution in [0.15, 0.2) is 0 Å². The number of hydrogen-bond donors (Lipinski definition) is 0. The van der Waals surface area contributed by atoms with Crippen LogP contribution in [-0.4, -0.2) is 37.3 Å². The molecule has 1 saturated heterocycles. The fourth-order valence-corrected chi connectivity index (χ4v) is 3.13. The first-order valence-corrected chi connectivity index (χ1v) is 7.59. The Morgan fingerprint density at radius 1 is 1.39 bits per heavy atom. The van der Waals surface area contributed by atoms with Crippen LogP contribution >= 0.6 is 0 Å². The molecule has 1 fully saturated rings. The van der Waals surface area contributed by atoms with Gasteiger partial charge in [-0.1, -0.05) is 0 Å². The van der Waals surface area contributed by atoms with Gasteiger partial charge < -0.3 is 4.74 Å². The molecule has 5 nitrogen and oxygen atoms in total. The number of cyclic esters (lactones) is 1. The number of esters is 1. The van der Waals surface area contributed by atoms with Crippen molar-refractivity contribution in [1.29, 1.82) is 0 Å². The number of carbonyl (C=O) groups excluding carboxylic acids is 2. The fraction of sp³-hybridized carbons (Fsp3) is 0.833. The second kappa shape index (κ2) is 4.64. The van der Waals surface area contributed by atoms with Gasteiger partial charge in [-0.15, -0.1) is 0 Å². The highest BCUT2D eigenvalue weighted by atomic mass is 32.2. The van der Waals surface area contributed by atoms with Crippen LogP contribution in [0.1, 0.15) is 40.5 Å².